The van der Waals surface area contributed by atoms with Crippen molar-refractivity contribution in [2.75, 3.05) is 0 Å². The van der Waals surface area contributed by atoms with Crippen LogP contribution < -0.4 is 5.73 Å². The highest BCUT2D eigenvalue weighted by Gasteiger charge is 2.52. The molecule has 0 amide bonds. The van der Waals surface area contributed by atoms with Gasteiger partial charge in [0.2, 0.25) is 0 Å². The molecule has 0 heterocycles. The van der Waals surface area contributed by atoms with E-state index in [1.807, 2.05) is 18.2 Å². The van der Waals surface area contributed by atoms with Crippen LogP contribution in [0.25, 0.3) is 0 Å². The molecule has 1 aliphatic rings. The summed E-state index contributed by atoms with van der Waals surface area (Å²) in [5, 5.41) is 10.6. The van der Waals surface area contributed by atoms with Crippen LogP contribution in [0.5, 0.6) is 0 Å². The summed E-state index contributed by atoms with van der Waals surface area (Å²) < 4.78 is 0. The molecule has 0 aliphatic heterocycles. The van der Waals surface area contributed by atoms with E-state index in [1.165, 1.54) is 17.7 Å². The highest BCUT2D eigenvalue weighted by molar-refractivity contribution is 5.44. The number of rotatable bonds is 3. The number of non-ortho nitro benzene ring substituents is 1. The standard InChI is InChI=1S/C15H14N2O2/c16-15(10-14(15)11-4-2-1-3-5-11)12-6-8-13(9-7-12)17(18)19/h1-9,14H,10,16H2. The molecule has 4 heteroatoms. The van der Waals surface area contributed by atoms with Crippen LogP contribution in [0.15, 0.2) is 54.6 Å². The highest BCUT2D eigenvalue weighted by atomic mass is 16.6. The maximum absolute atomic E-state index is 10.6. The Morgan fingerprint density at radius 1 is 1.11 bits per heavy atom. The quantitative estimate of drug-likeness (QED) is 0.676. The topological polar surface area (TPSA) is 69.2 Å². The molecule has 0 spiro atoms. The van der Waals surface area contributed by atoms with Gasteiger partial charge in [-0.1, -0.05) is 42.5 Å². The van der Waals surface area contributed by atoms with Crippen molar-refractivity contribution in [1.29, 1.82) is 0 Å². The van der Waals surface area contributed by atoms with E-state index in [2.05, 4.69) is 12.1 Å². The van der Waals surface area contributed by atoms with Gasteiger partial charge in [-0.2, -0.15) is 0 Å². The second-order valence-corrected chi connectivity index (χ2v) is 5.01. The Labute approximate surface area is 111 Å². The van der Waals surface area contributed by atoms with E-state index in [0.717, 1.165) is 12.0 Å². The monoisotopic (exact) mass is 254 g/mol. The molecular formula is C15H14N2O2. The van der Waals surface area contributed by atoms with Crippen molar-refractivity contribution < 1.29 is 4.92 Å². The third-order valence-electron chi connectivity index (χ3n) is 3.82. The smallest absolute Gasteiger partial charge is 0.269 e. The van der Waals surface area contributed by atoms with Crippen LogP contribution in [-0.4, -0.2) is 4.92 Å². The molecule has 0 radical (unpaired) electrons. The van der Waals surface area contributed by atoms with Gasteiger partial charge in [0.15, 0.2) is 0 Å². The van der Waals surface area contributed by atoms with Crippen LogP contribution >= 0.6 is 0 Å². The van der Waals surface area contributed by atoms with E-state index >= 15 is 0 Å². The van der Waals surface area contributed by atoms with Gasteiger partial charge in [-0.05, 0) is 17.5 Å². The lowest BCUT2D eigenvalue weighted by atomic mass is 9.99. The van der Waals surface area contributed by atoms with E-state index in [1.54, 1.807) is 12.1 Å². The molecule has 1 aliphatic carbocycles. The lowest BCUT2D eigenvalue weighted by Crippen LogP contribution is -2.21. The summed E-state index contributed by atoms with van der Waals surface area (Å²) in [6, 6.07) is 16.7. The molecule has 96 valence electrons. The summed E-state index contributed by atoms with van der Waals surface area (Å²) in [5.74, 6) is 0.301. The minimum Gasteiger partial charge on any atom is -0.321 e. The van der Waals surface area contributed by atoms with Crippen LogP contribution in [0.4, 0.5) is 5.69 Å². The molecule has 0 saturated heterocycles. The average Bonchev–Trinajstić information content (AvgIpc) is 3.14. The molecule has 3 rings (SSSR count). The van der Waals surface area contributed by atoms with Crippen molar-refractivity contribution in [2.24, 2.45) is 5.73 Å². The second-order valence-electron chi connectivity index (χ2n) is 5.01. The predicted octanol–water partition coefficient (Wildman–Crippen LogP) is 2.94. The SMILES string of the molecule is NC1(c2ccc([N+](=O)[O-])cc2)CC1c1ccccc1. The molecule has 2 N–H and O–H groups in total. The van der Waals surface area contributed by atoms with Crippen molar-refractivity contribution in [2.45, 2.75) is 17.9 Å². The third kappa shape index (κ3) is 2.00. The van der Waals surface area contributed by atoms with Crippen molar-refractivity contribution in [3.63, 3.8) is 0 Å². The Bertz CT molecular complexity index is 610. The fraction of sp³-hybridized carbons (Fsp3) is 0.200. The van der Waals surface area contributed by atoms with E-state index < -0.39 is 4.92 Å². The fourth-order valence-electron chi connectivity index (χ4n) is 2.59. The van der Waals surface area contributed by atoms with Gasteiger partial charge in [-0.3, -0.25) is 10.1 Å². The number of nitrogens with two attached hydrogens (primary N) is 1. The Kier molecular flexibility index (Phi) is 2.61. The van der Waals surface area contributed by atoms with Gasteiger partial charge in [0.25, 0.3) is 5.69 Å². The van der Waals surface area contributed by atoms with Crippen LogP contribution in [0.3, 0.4) is 0 Å². The summed E-state index contributed by atoms with van der Waals surface area (Å²) in [6.45, 7) is 0. The number of benzene rings is 2. The van der Waals surface area contributed by atoms with E-state index in [-0.39, 0.29) is 11.2 Å². The molecule has 0 aromatic heterocycles. The van der Waals surface area contributed by atoms with Gasteiger partial charge in [-0.25, -0.2) is 0 Å². The Hall–Kier alpha value is -2.20. The van der Waals surface area contributed by atoms with Gasteiger partial charge in [0.05, 0.1) is 4.92 Å². The molecule has 4 nitrogen and oxygen atoms in total. The zero-order valence-electron chi connectivity index (χ0n) is 10.3. The molecule has 19 heavy (non-hydrogen) atoms. The first-order valence-electron chi connectivity index (χ1n) is 6.20. The Morgan fingerprint density at radius 3 is 2.32 bits per heavy atom. The van der Waals surface area contributed by atoms with E-state index in [4.69, 9.17) is 5.73 Å². The lowest BCUT2D eigenvalue weighted by molar-refractivity contribution is -0.384. The number of nitro groups is 1. The van der Waals surface area contributed by atoms with Crippen molar-refractivity contribution in [3.8, 4) is 0 Å². The molecule has 2 aromatic carbocycles. The van der Waals surface area contributed by atoms with Gasteiger partial charge < -0.3 is 5.73 Å². The minimum atomic E-state index is -0.394. The molecular weight excluding hydrogens is 240 g/mol. The summed E-state index contributed by atoms with van der Waals surface area (Å²) in [6.07, 6.45) is 0.884. The number of hydrogen-bond acceptors (Lipinski definition) is 3. The fourth-order valence-corrected chi connectivity index (χ4v) is 2.59. The van der Waals surface area contributed by atoms with Crippen molar-refractivity contribution in [1.82, 2.24) is 0 Å². The molecule has 0 bridgehead atoms. The first-order valence-corrected chi connectivity index (χ1v) is 6.20. The average molecular weight is 254 g/mol. The maximum atomic E-state index is 10.6. The van der Waals surface area contributed by atoms with Gasteiger partial charge in [-0.15, -0.1) is 0 Å². The van der Waals surface area contributed by atoms with Gasteiger partial charge in [0.1, 0.15) is 0 Å². The van der Waals surface area contributed by atoms with Gasteiger partial charge in [0, 0.05) is 23.6 Å². The highest BCUT2D eigenvalue weighted by Crippen LogP contribution is 2.56. The zero-order chi connectivity index (χ0) is 13.5. The van der Waals surface area contributed by atoms with Crippen LogP contribution in [-0.2, 0) is 5.54 Å². The first-order chi connectivity index (χ1) is 9.11. The molecule has 2 aromatic rings. The minimum absolute atomic E-state index is 0.101. The molecule has 2 unspecified atom stereocenters. The predicted molar refractivity (Wildman–Crippen MR) is 72.8 cm³/mol. The number of nitro benzene ring substituents is 1. The molecule has 2 atom stereocenters. The normalized spacial score (nSPS) is 25.0. The summed E-state index contributed by atoms with van der Waals surface area (Å²) in [7, 11) is 0. The summed E-state index contributed by atoms with van der Waals surface area (Å²) >= 11 is 0. The Balaban J connectivity index is 1.86. The van der Waals surface area contributed by atoms with Crippen LogP contribution in [0.2, 0.25) is 0 Å². The summed E-state index contributed by atoms with van der Waals surface area (Å²) in [4.78, 5) is 10.2. The van der Waals surface area contributed by atoms with Crippen molar-refractivity contribution in [3.05, 3.63) is 75.8 Å². The summed E-state index contributed by atoms with van der Waals surface area (Å²) in [5.41, 5.74) is 8.31. The van der Waals surface area contributed by atoms with Crippen LogP contribution in [0, 0.1) is 10.1 Å². The van der Waals surface area contributed by atoms with Gasteiger partial charge >= 0.3 is 0 Å². The second kappa shape index (κ2) is 4.17. The maximum Gasteiger partial charge on any atom is 0.269 e. The first kappa shape index (κ1) is 11.9. The lowest BCUT2D eigenvalue weighted by Gasteiger charge is -2.12. The van der Waals surface area contributed by atoms with E-state index in [0.29, 0.717) is 5.92 Å². The van der Waals surface area contributed by atoms with Crippen molar-refractivity contribution >= 4 is 5.69 Å². The van der Waals surface area contributed by atoms with Crippen LogP contribution in [0.1, 0.15) is 23.5 Å². The van der Waals surface area contributed by atoms with E-state index in [9.17, 15) is 10.1 Å². The molecule has 1 fully saturated rings. The zero-order valence-corrected chi connectivity index (χ0v) is 10.3. The Morgan fingerprint density at radius 2 is 1.74 bits per heavy atom. The number of nitrogens with zero attached hydrogens (tertiary/aromatic N) is 1. The largest absolute Gasteiger partial charge is 0.321 e. The third-order valence-corrected chi connectivity index (χ3v) is 3.82. The number of hydrogen-bond donors (Lipinski definition) is 1. The molecule has 1 saturated carbocycles.